The molecular formula is C56H44N2. The van der Waals surface area contributed by atoms with Crippen LogP contribution < -0.4 is 0 Å². The summed E-state index contributed by atoms with van der Waals surface area (Å²) < 4.78 is 0. The van der Waals surface area contributed by atoms with Crippen molar-refractivity contribution in [1.82, 2.24) is 9.97 Å². The highest BCUT2D eigenvalue weighted by Gasteiger charge is 2.18. The van der Waals surface area contributed by atoms with Crippen LogP contribution in [0.1, 0.15) is 22.3 Å². The van der Waals surface area contributed by atoms with Crippen molar-refractivity contribution in [1.29, 1.82) is 0 Å². The zero-order valence-corrected chi connectivity index (χ0v) is 33.4. The number of aryl methyl sites for hydroxylation is 4. The fourth-order valence-corrected chi connectivity index (χ4v) is 8.50. The molecule has 0 aliphatic heterocycles. The number of pyridine rings is 2. The molecule has 9 rings (SSSR count). The molecule has 2 heteroatoms. The summed E-state index contributed by atoms with van der Waals surface area (Å²) in [6.45, 7) is 8.71. The van der Waals surface area contributed by atoms with Gasteiger partial charge in [-0.05, 0) is 136 Å². The first-order chi connectivity index (χ1) is 28.4. The summed E-state index contributed by atoms with van der Waals surface area (Å²) in [5, 5.41) is 0. The summed E-state index contributed by atoms with van der Waals surface area (Å²) in [6.07, 6.45) is 5.63. The fraction of sp³-hybridized carbons (Fsp3) is 0.0714. The van der Waals surface area contributed by atoms with Gasteiger partial charge in [0, 0.05) is 29.7 Å². The summed E-state index contributed by atoms with van der Waals surface area (Å²) >= 11 is 0. The van der Waals surface area contributed by atoms with Crippen LogP contribution in [0.3, 0.4) is 0 Å². The number of aromatic nitrogens is 2. The van der Waals surface area contributed by atoms with Gasteiger partial charge in [0.25, 0.3) is 0 Å². The van der Waals surface area contributed by atoms with E-state index < -0.39 is 0 Å². The Kier molecular flexibility index (Phi) is 9.91. The fourth-order valence-electron chi connectivity index (χ4n) is 8.50. The molecule has 0 fully saturated rings. The zero-order chi connectivity index (χ0) is 39.6. The van der Waals surface area contributed by atoms with Crippen LogP contribution in [0.15, 0.2) is 195 Å². The Morgan fingerprint density at radius 3 is 1.28 bits per heavy atom. The summed E-state index contributed by atoms with van der Waals surface area (Å²) in [6, 6.07) is 64.2. The molecule has 2 heterocycles. The van der Waals surface area contributed by atoms with Crippen LogP contribution in [0, 0.1) is 27.7 Å². The molecule has 0 aliphatic carbocycles. The van der Waals surface area contributed by atoms with Crippen LogP contribution in [0.2, 0.25) is 0 Å². The van der Waals surface area contributed by atoms with E-state index >= 15 is 0 Å². The molecule has 0 unspecified atom stereocenters. The highest BCUT2D eigenvalue weighted by Crippen LogP contribution is 2.44. The molecule has 0 radical (unpaired) electrons. The van der Waals surface area contributed by atoms with Gasteiger partial charge in [0.2, 0.25) is 0 Å². The Balaban J connectivity index is 1.18. The zero-order valence-electron chi connectivity index (χ0n) is 33.4. The maximum atomic E-state index is 4.70. The standard InChI is InChI=1S/C56H44N2/c1-37-27-38(2)30-46(29-37)54-34-41(45-15-12-25-57-36-45)21-23-52(54)50-18-7-5-16-48(50)42-13-11-14-43(33-42)49-17-6-8-19-51(49)53-24-22-44(56-20-9-10-26-58-56)35-55(53)47-31-39(3)28-40(4)32-47/h5-36H,1-4H3. The highest BCUT2D eigenvalue weighted by atomic mass is 14.7. The van der Waals surface area contributed by atoms with E-state index in [-0.39, 0.29) is 0 Å². The Hall–Kier alpha value is -7.16. The smallest absolute Gasteiger partial charge is 0.0702 e. The lowest BCUT2D eigenvalue weighted by atomic mass is 9.85. The Morgan fingerprint density at radius 1 is 0.276 bits per heavy atom. The van der Waals surface area contributed by atoms with Gasteiger partial charge in [-0.3, -0.25) is 9.97 Å². The number of benzene rings is 7. The van der Waals surface area contributed by atoms with E-state index in [9.17, 15) is 0 Å². The largest absolute Gasteiger partial charge is 0.264 e. The van der Waals surface area contributed by atoms with Crippen LogP contribution in [-0.4, -0.2) is 9.97 Å². The van der Waals surface area contributed by atoms with Gasteiger partial charge in [-0.25, -0.2) is 0 Å². The second kappa shape index (κ2) is 15.8. The molecule has 0 N–H and O–H groups in total. The minimum Gasteiger partial charge on any atom is -0.264 e. The third-order valence-corrected chi connectivity index (χ3v) is 11.0. The van der Waals surface area contributed by atoms with Crippen molar-refractivity contribution < 1.29 is 0 Å². The molecular weight excluding hydrogens is 701 g/mol. The van der Waals surface area contributed by atoms with Crippen molar-refractivity contribution in [2.45, 2.75) is 27.7 Å². The average molecular weight is 745 g/mol. The van der Waals surface area contributed by atoms with Crippen LogP contribution >= 0.6 is 0 Å². The Morgan fingerprint density at radius 2 is 0.759 bits per heavy atom. The number of nitrogens with zero attached hydrogens (tertiary/aromatic N) is 2. The predicted molar refractivity (Wildman–Crippen MR) is 244 cm³/mol. The molecule has 0 saturated carbocycles. The minimum absolute atomic E-state index is 0.965. The van der Waals surface area contributed by atoms with E-state index in [1.165, 1.54) is 89.0 Å². The lowest BCUT2D eigenvalue weighted by Gasteiger charge is -2.19. The van der Waals surface area contributed by atoms with Crippen LogP contribution in [-0.2, 0) is 0 Å². The summed E-state index contributed by atoms with van der Waals surface area (Å²) in [4.78, 5) is 9.13. The van der Waals surface area contributed by atoms with Gasteiger partial charge in [-0.2, -0.15) is 0 Å². The molecule has 58 heavy (non-hydrogen) atoms. The van der Waals surface area contributed by atoms with E-state index in [0.717, 1.165) is 22.4 Å². The van der Waals surface area contributed by atoms with Gasteiger partial charge >= 0.3 is 0 Å². The maximum absolute atomic E-state index is 4.70. The SMILES string of the molecule is Cc1cc(C)cc(-c2cc(-c3cccnc3)ccc2-c2ccccc2-c2cccc(-c3ccccc3-c3ccc(-c4ccccn4)cc3-c3cc(C)cc(C)c3)c2)c1. The van der Waals surface area contributed by atoms with E-state index in [0.29, 0.717) is 0 Å². The lowest BCUT2D eigenvalue weighted by Crippen LogP contribution is -1.93. The van der Waals surface area contributed by atoms with E-state index in [4.69, 9.17) is 4.98 Å². The molecule has 0 aliphatic rings. The second-order valence-corrected chi connectivity index (χ2v) is 15.4. The van der Waals surface area contributed by atoms with Crippen LogP contribution in [0.25, 0.3) is 89.1 Å². The van der Waals surface area contributed by atoms with Gasteiger partial charge in [0.15, 0.2) is 0 Å². The van der Waals surface area contributed by atoms with Gasteiger partial charge in [-0.15, -0.1) is 0 Å². The van der Waals surface area contributed by atoms with Crippen molar-refractivity contribution >= 4 is 0 Å². The third-order valence-electron chi connectivity index (χ3n) is 11.0. The van der Waals surface area contributed by atoms with E-state index in [2.05, 4.69) is 196 Å². The molecule has 0 saturated heterocycles. The second-order valence-electron chi connectivity index (χ2n) is 15.4. The van der Waals surface area contributed by atoms with E-state index in [1.54, 1.807) is 0 Å². The minimum atomic E-state index is 0.965. The number of rotatable bonds is 8. The number of hydrogen-bond donors (Lipinski definition) is 0. The molecule has 2 nitrogen and oxygen atoms in total. The van der Waals surface area contributed by atoms with Crippen LogP contribution in [0.5, 0.6) is 0 Å². The lowest BCUT2D eigenvalue weighted by molar-refractivity contribution is 1.32. The summed E-state index contributed by atoms with van der Waals surface area (Å²) in [5.41, 5.74) is 23.6. The van der Waals surface area contributed by atoms with Crippen molar-refractivity contribution in [3.05, 3.63) is 217 Å². The van der Waals surface area contributed by atoms with E-state index in [1.807, 2.05) is 30.7 Å². The van der Waals surface area contributed by atoms with Gasteiger partial charge < -0.3 is 0 Å². The molecule has 0 atom stereocenters. The number of hydrogen-bond acceptors (Lipinski definition) is 2. The molecule has 278 valence electrons. The summed E-state index contributed by atoms with van der Waals surface area (Å²) in [5.74, 6) is 0. The molecule has 0 bridgehead atoms. The Labute approximate surface area is 342 Å². The maximum Gasteiger partial charge on any atom is 0.0702 e. The average Bonchev–Trinajstić information content (AvgIpc) is 3.26. The quantitative estimate of drug-likeness (QED) is 0.155. The highest BCUT2D eigenvalue weighted by molar-refractivity contribution is 5.97. The van der Waals surface area contributed by atoms with Gasteiger partial charge in [-0.1, -0.05) is 162 Å². The van der Waals surface area contributed by atoms with Gasteiger partial charge in [0.05, 0.1) is 5.69 Å². The molecule has 0 spiro atoms. The normalized spacial score (nSPS) is 11.1. The third kappa shape index (κ3) is 7.41. The first-order valence-electron chi connectivity index (χ1n) is 19.9. The van der Waals surface area contributed by atoms with Crippen molar-refractivity contribution in [3.8, 4) is 89.1 Å². The predicted octanol–water partition coefficient (Wildman–Crippen LogP) is 15.0. The van der Waals surface area contributed by atoms with Crippen LogP contribution in [0.4, 0.5) is 0 Å². The van der Waals surface area contributed by atoms with Crippen molar-refractivity contribution in [3.63, 3.8) is 0 Å². The monoisotopic (exact) mass is 744 g/mol. The molecule has 2 aromatic heterocycles. The first kappa shape index (κ1) is 36.5. The van der Waals surface area contributed by atoms with Gasteiger partial charge in [0.1, 0.15) is 0 Å². The van der Waals surface area contributed by atoms with Crippen molar-refractivity contribution in [2.75, 3.05) is 0 Å². The summed E-state index contributed by atoms with van der Waals surface area (Å²) in [7, 11) is 0. The Bertz CT molecular complexity index is 2690. The molecule has 0 amide bonds. The molecule has 9 aromatic rings. The first-order valence-corrected chi connectivity index (χ1v) is 19.9. The topological polar surface area (TPSA) is 25.8 Å². The van der Waals surface area contributed by atoms with Crippen molar-refractivity contribution in [2.24, 2.45) is 0 Å². The molecule has 7 aromatic carbocycles.